The molecule has 75 heavy (non-hydrogen) atoms. The minimum Gasteiger partial charge on any atom is -0.485 e. The van der Waals surface area contributed by atoms with Crippen molar-refractivity contribution in [2.24, 2.45) is 0 Å². The predicted octanol–water partition coefficient (Wildman–Crippen LogP) is 6.25. The lowest BCUT2D eigenvalue weighted by Crippen LogP contribution is -2.57. The van der Waals surface area contributed by atoms with E-state index in [0.29, 0.717) is 60.2 Å². The van der Waals surface area contributed by atoms with E-state index in [0.717, 1.165) is 59.2 Å². The lowest BCUT2D eigenvalue weighted by atomic mass is 10.0. The number of urea groups is 1. The van der Waals surface area contributed by atoms with Gasteiger partial charge >= 0.3 is 12.0 Å². The molecule has 0 aliphatic carbocycles. The maximum atomic E-state index is 15.2. The van der Waals surface area contributed by atoms with Crippen LogP contribution in [-0.2, 0) is 40.4 Å². The number of piperazine rings is 1. The van der Waals surface area contributed by atoms with Gasteiger partial charge in [0.2, 0.25) is 24.2 Å². The first-order valence-electron chi connectivity index (χ1n) is 24.9. The molecule has 3 atom stereocenters. The van der Waals surface area contributed by atoms with Crippen LogP contribution in [0.15, 0.2) is 78.9 Å². The largest absolute Gasteiger partial charge is 0.485 e. The highest BCUT2D eigenvalue weighted by atomic mass is 35.5. The molecular weight excluding hydrogens is 988 g/mol. The summed E-state index contributed by atoms with van der Waals surface area (Å²) in [6, 6.07) is 17.2. The minimum absolute atomic E-state index is 0.0000672. The number of imide groups is 1. The van der Waals surface area contributed by atoms with Crippen molar-refractivity contribution in [1.29, 1.82) is 0 Å². The molecule has 5 aliphatic rings. The van der Waals surface area contributed by atoms with Crippen LogP contribution in [0.1, 0.15) is 58.4 Å². The van der Waals surface area contributed by atoms with Gasteiger partial charge in [0.25, 0.3) is 11.8 Å². The molecule has 3 saturated heterocycles. The Bertz CT molecular complexity index is 3190. The highest BCUT2D eigenvalue weighted by Crippen LogP contribution is 2.38. The van der Waals surface area contributed by atoms with Gasteiger partial charge in [0.1, 0.15) is 31.1 Å². The molecule has 1 aromatic heterocycles. The number of carbonyl (C=O) groups excluding carboxylic acids is 5. The zero-order valence-corrected chi connectivity index (χ0v) is 41.9. The summed E-state index contributed by atoms with van der Waals surface area (Å²) in [6.07, 6.45) is 3.06. The second-order valence-electron chi connectivity index (χ2n) is 19.4. The number of aromatic nitrogens is 2. The number of halogens is 3. The van der Waals surface area contributed by atoms with Gasteiger partial charge in [-0.3, -0.25) is 24.5 Å². The molecule has 5 aromatic rings. The van der Waals surface area contributed by atoms with E-state index in [2.05, 4.69) is 55.2 Å². The van der Waals surface area contributed by atoms with Crippen LogP contribution < -0.4 is 35.2 Å². The number of carbonyl (C=O) groups is 5. The monoisotopic (exact) mass is 1040 g/mol. The summed E-state index contributed by atoms with van der Waals surface area (Å²) in [5.74, 6) is -4.28. The lowest BCUT2D eigenvalue weighted by Gasteiger charge is -2.41. The van der Waals surface area contributed by atoms with Gasteiger partial charge in [-0.1, -0.05) is 54.6 Å². The summed E-state index contributed by atoms with van der Waals surface area (Å²) in [6.45, 7) is 14.8. The van der Waals surface area contributed by atoms with Crippen molar-refractivity contribution in [3.63, 3.8) is 0 Å². The Balaban J connectivity index is 0.779. The van der Waals surface area contributed by atoms with Crippen molar-refractivity contribution in [2.75, 3.05) is 74.6 Å². The smallest absolute Gasteiger partial charge is 0.319 e. The fourth-order valence-corrected chi connectivity index (χ4v) is 10.9. The van der Waals surface area contributed by atoms with Crippen LogP contribution in [0.4, 0.5) is 30.8 Å². The number of hydrogen-bond donors (Lipinski definition) is 3. The number of piperidine rings is 1. The predicted molar refractivity (Wildman–Crippen MR) is 275 cm³/mol. The summed E-state index contributed by atoms with van der Waals surface area (Å²) < 4.78 is 42.1. The topological polar surface area (TPSA) is 186 Å². The van der Waals surface area contributed by atoms with E-state index >= 15 is 4.39 Å². The molecule has 0 radical (unpaired) electrons. The van der Waals surface area contributed by atoms with E-state index in [9.17, 15) is 28.4 Å². The van der Waals surface area contributed by atoms with Crippen LogP contribution in [0.25, 0.3) is 15.6 Å². The maximum Gasteiger partial charge on any atom is 0.319 e. The summed E-state index contributed by atoms with van der Waals surface area (Å²) in [4.78, 5) is 87.5. The average Bonchev–Trinajstić information content (AvgIpc) is 3.97. The van der Waals surface area contributed by atoms with Gasteiger partial charge in [0, 0.05) is 97.3 Å². The van der Waals surface area contributed by atoms with E-state index in [4.69, 9.17) is 37.6 Å². The van der Waals surface area contributed by atoms with E-state index in [-0.39, 0.29) is 80.7 Å². The molecule has 388 valence electrons. The highest BCUT2D eigenvalue weighted by Gasteiger charge is 2.40. The van der Waals surface area contributed by atoms with Gasteiger partial charge in [-0.05, 0) is 74.0 Å². The molecule has 3 fully saturated rings. The lowest BCUT2D eigenvalue weighted by molar-refractivity contribution is -0.137. The number of nitrogens with one attached hydrogen (secondary N) is 3. The van der Waals surface area contributed by atoms with Crippen LogP contribution in [0, 0.1) is 18.2 Å². The number of nitrogens with zero attached hydrogens (tertiary/aromatic N) is 8. The van der Waals surface area contributed by atoms with Crippen LogP contribution in [-0.4, -0.2) is 132 Å². The van der Waals surface area contributed by atoms with Gasteiger partial charge in [0.05, 0.1) is 17.3 Å². The van der Waals surface area contributed by atoms with E-state index < -0.39 is 53.9 Å². The number of hydrogen-bond acceptors (Lipinski definition) is 12. The molecule has 1 unspecified atom stereocenters. The second kappa shape index (κ2) is 21.5. The third-order valence-corrected chi connectivity index (χ3v) is 14.9. The number of benzene rings is 4. The van der Waals surface area contributed by atoms with Gasteiger partial charge < -0.3 is 49.5 Å². The Labute approximate surface area is 436 Å². The fourth-order valence-electron chi connectivity index (χ4n) is 10.7. The summed E-state index contributed by atoms with van der Waals surface area (Å²) >= 11 is 6.77. The van der Waals surface area contributed by atoms with Crippen LogP contribution in [0.2, 0.25) is 5.02 Å². The van der Waals surface area contributed by atoms with E-state index in [1.807, 2.05) is 30.3 Å². The Morgan fingerprint density at radius 3 is 2.56 bits per heavy atom. The molecule has 10 rings (SSSR count). The number of fused-ring (bicyclic) bond motifs is 3. The number of likely N-dealkylation sites (N-methyl/N-ethyl adjacent to an activating group) is 1. The first kappa shape index (κ1) is 50.6. The SMILES string of the molecule is [C-]#[N+]C[C@H]1CN(c2nc(OC[C@@H]3CCCN3C)nc3c2CCN(c2cccc4cccc(Cl)c24)C3)CCN1C(=O)C(=C)COc1cc(NC(=O)NCc2ccc3c(c2)CN(C2CCC(=O)NC2=O)C3=O)cc(F)c1F. The van der Waals surface area contributed by atoms with Gasteiger partial charge in [-0.2, -0.15) is 14.4 Å². The number of anilines is 3. The second-order valence-corrected chi connectivity index (χ2v) is 19.8. The van der Waals surface area contributed by atoms with E-state index in [1.165, 1.54) is 4.90 Å². The number of amides is 6. The molecule has 4 aromatic carbocycles. The highest BCUT2D eigenvalue weighted by molar-refractivity contribution is 6.36. The Kier molecular flexibility index (Phi) is 14.5. The van der Waals surface area contributed by atoms with Crippen molar-refractivity contribution >= 4 is 69.2 Å². The van der Waals surface area contributed by atoms with Gasteiger partial charge in [-0.15, -0.1) is 0 Å². The van der Waals surface area contributed by atoms with Crippen molar-refractivity contribution < 1.29 is 42.2 Å². The fraction of sp³-hybridized carbons (Fsp3) is 0.370. The average molecular weight is 1040 g/mol. The molecule has 5 aliphatic heterocycles. The summed E-state index contributed by atoms with van der Waals surface area (Å²) in [7, 11) is 2.08. The van der Waals surface area contributed by atoms with E-state index in [1.54, 1.807) is 23.1 Å². The van der Waals surface area contributed by atoms with Gasteiger partial charge in [0.15, 0.2) is 11.6 Å². The summed E-state index contributed by atoms with van der Waals surface area (Å²) in [5, 5.41) is 10.1. The quantitative estimate of drug-likeness (QED) is 0.0646. The third kappa shape index (κ3) is 10.6. The number of likely N-dealkylation sites (tertiary alicyclic amines) is 1. The van der Waals surface area contributed by atoms with Crippen molar-refractivity contribution in [3.8, 4) is 11.8 Å². The minimum atomic E-state index is -1.34. The maximum absolute atomic E-state index is 15.2. The van der Waals surface area contributed by atoms with Crippen molar-refractivity contribution in [2.45, 2.75) is 69.9 Å². The molecule has 18 nitrogen and oxygen atoms in total. The number of ether oxygens (including phenoxy) is 2. The van der Waals surface area contributed by atoms with Crippen molar-refractivity contribution in [1.82, 2.24) is 35.3 Å². The first-order chi connectivity index (χ1) is 36.2. The normalized spacial score (nSPS) is 19.6. The first-order valence-corrected chi connectivity index (χ1v) is 25.3. The summed E-state index contributed by atoms with van der Waals surface area (Å²) in [5.41, 5.74) is 4.27. The van der Waals surface area contributed by atoms with Crippen LogP contribution in [0.3, 0.4) is 0 Å². The Morgan fingerprint density at radius 1 is 0.947 bits per heavy atom. The van der Waals surface area contributed by atoms with Crippen molar-refractivity contribution in [3.05, 3.63) is 135 Å². The molecule has 0 bridgehead atoms. The molecule has 0 spiro atoms. The van der Waals surface area contributed by atoms with Gasteiger partial charge in [-0.25, -0.2) is 15.8 Å². The molecule has 0 saturated carbocycles. The zero-order chi connectivity index (χ0) is 52.5. The Hall–Kier alpha value is -7.89. The molecule has 21 heteroatoms. The van der Waals surface area contributed by atoms with Crippen LogP contribution >= 0.6 is 11.6 Å². The van der Waals surface area contributed by atoms with Crippen LogP contribution in [0.5, 0.6) is 11.8 Å². The molecule has 6 amide bonds. The third-order valence-electron chi connectivity index (χ3n) is 14.6. The Morgan fingerprint density at radius 2 is 1.77 bits per heavy atom. The molecular formula is C54H54ClF2N11O7. The standard InChI is InChI=1S/C54H54ClF2N11O7/c1-31(29-74-45-23-35(22-41(56)48(45)57)60-53(73)59-24-32-12-13-38-34(21-32)26-68(52(38)72)44-14-15-46(69)62-50(44)70)51(71)67-20-19-66(27-37(67)25-58-2)49-39-16-18-65(43-11-5-8-33-7-4-10-40(55)47(33)43)28-42(39)61-54(63-49)75-30-36-9-6-17-64(36)3/h4-5,7-8,10-13,21-23,36-37,44H,1,6,9,14-20,24-30H2,3H3,(H2,59,60,73)(H,62,69,70)/t36-,37-,44?/m0/s1. The zero-order valence-electron chi connectivity index (χ0n) is 41.2. The molecule has 3 N–H and O–H groups in total. The molecule has 6 heterocycles. The number of rotatable bonds is 14.